The average Bonchev–Trinajstić information content (AvgIpc) is 2.08. The molecule has 1 aromatic rings. The van der Waals surface area contributed by atoms with Crippen LogP contribution in [0.5, 0.6) is 5.88 Å². The first kappa shape index (κ1) is 13.7. The van der Waals surface area contributed by atoms with Crippen molar-refractivity contribution in [1.82, 2.24) is 4.98 Å². The Labute approximate surface area is 105 Å². The summed E-state index contributed by atoms with van der Waals surface area (Å²) in [5.41, 5.74) is -5.48. The van der Waals surface area contributed by atoms with Crippen LogP contribution in [-0.4, -0.2) is 18.9 Å². The number of pyridine rings is 1. The van der Waals surface area contributed by atoms with Crippen molar-refractivity contribution < 1.29 is 25.8 Å². The first-order valence-electron chi connectivity index (χ1n) is 3.45. The van der Waals surface area contributed by atoms with Gasteiger partial charge in [-0.2, -0.15) is 21.6 Å². The first-order chi connectivity index (χ1) is 7.13. The second kappa shape index (κ2) is 4.49. The second-order valence-corrected chi connectivity index (χ2v) is 5.73. The molecule has 0 fully saturated rings. The summed E-state index contributed by atoms with van der Waals surface area (Å²) in [5, 5.41) is 0. The van der Waals surface area contributed by atoms with E-state index in [1.807, 2.05) is 0 Å². The molecule has 1 heterocycles. The number of nitrogens with zero attached hydrogens (tertiary/aromatic N) is 1. The molecule has 0 aliphatic carbocycles. The highest BCUT2D eigenvalue weighted by molar-refractivity contribution is 9.11. The maximum absolute atomic E-state index is 12.0. The molecule has 0 spiro atoms. The zero-order valence-corrected chi connectivity index (χ0v) is 11.1. The first-order valence-corrected chi connectivity index (χ1v) is 6.45. The molecule has 90 valence electrons. The standard InChI is InChI=1S/C6H2Br2F3NO3S/c7-3-1-4(8)5(12-2-3)15-16(13,14)6(9,10)11/h1-2H. The third-order valence-electron chi connectivity index (χ3n) is 1.25. The zero-order valence-electron chi connectivity index (χ0n) is 7.12. The molecule has 0 saturated heterocycles. The molecule has 0 aliphatic heterocycles. The Hall–Kier alpha value is -0.350. The highest BCUT2D eigenvalue weighted by Crippen LogP contribution is 2.31. The van der Waals surface area contributed by atoms with Crippen LogP contribution in [0.25, 0.3) is 0 Å². The van der Waals surface area contributed by atoms with Crippen molar-refractivity contribution >= 4 is 42.0 Å². The Balaban J connectivity index is 3.07. The van der Waals surface area contributed by atoms with E-state index >= 15 is 0 Å². The van der Waals surface area contributed by atoms with Crippen LogP contribution in [0.2, 0.25) is 0 Å². The van der Waals surface area contributed by atoms with Crippen LogP contribution in [0.4, 0.5) is 13.2 Å². The van der Waals surface area contributed by atoms with Gasteiger partial charge < -0.3 is 4.18 Å². The number of hydrogen-bond donors (Lipinski definition) is 0. The summed E-state index contributed by atoms with van der Waals surface area (Å²) < 4.78 is 61.4. The lowest BCUT2D eigenvalue weighted by Crippen LogP contribution is -2.28. The largest absolute Gasteiger partial charge is 0.534 e. The SMILES string of the molecule is O=S(=O)(Oc1ncc(Br)cc1Br)C(F)(F)F. The van der Waals surface area contributed by atoms with Crippen LogP contribution in [-0.2, 0) is 10.1 Å². The number of rotatable bonds is 2. The highest BCUT2D eigenvalue weighted by atomic mass is 79.9. The number of alkyl halides is 3. The molecule has 1 rings (SSSR count). The summed E-state index contributed by atoms with van der Waals surface area (Å²) in [6.45, 7) is 0. The minimum absolute atomic E-state index is 0.0188. The van der Waals surface area contributed by atoms with Crippen LogP contribution in [0.3, 0.4) is 0 Å². The Morgan fingerprint density at radius 1 is 1.31 bits per heavy atom. The van der Waals surface area contributed by atoms with Gasteiger partial charge in [0.15, 0.2) is 0 Å². The van der Waals surface area contributed by atoms with Crippen LogP contribution >= 0.6 is 31.9 Å². The maximum atomic E-state index is 12.0. The summed E-state index contributed by atoms with van der Waals surface area (Å²) in [7, 11) is -5.69. The van der Waals surface area contributed by atoms with Crippen molar-refractivity contribution in [2.45, 2.75) is 5.51 Å². The van der Waals surface area contributed by atoms with E-state index in [-0.39, 0.29) is 4.47 Å². The van der Waals surface area contributed by atoms with E-state index in [0.29, 0.717) is 4.47 Å². The molecule has 10 heteroatoms. The van der Waals surface area contributed by atoms with E-state index in [2.05, 4.69) is 41.0 Å². The highest BCUT2D eigenvalue weighted by Gasteiger charge is 2.49. The second-order valence-electron chi connectivity index (χ2n) is 2.42. The molecule has 0 aromatic carbocycles. The third-order valence-corrected chi connectivity index (χ3v) is 3.19. The molecule has 0 atom stereocenters. The summed E-state index contributed by atoms with van der Waals surface area (Å²) in [6, 6.07) is 1.30. The molecule has 0 aliphatic rings. The molecule has 1 aromatic heterocycles. The molecule has 0 bridgehead atoms. The number of halogens is 5. The van der Waals surface area contributed by atoms with E-state index < -0.39 is 21.5 Å². The monoisotopic (exact) mass is 383 g/mol. The Morgan fingerprint density at radius 2 is 1.88 bits per heavy atom. The molecular weight excluding hydrogens is 383 g/mol. The van der Waals surface area contributed by atoms with Gasteiger partial charge >= 0.3 is 15.6 Å². The van der Waals surface area contributed by atoms with Crippen molar-refractivity contribution in [2.75, 3.05) is 0 Å². The molecule has 0 amide bonds. The van der Waals surface area contributed by atoms with Gasteiger partial charge in [0.05, 0.1) is 4.47 Å². The fourth-order valence-corrected chi connectivity index (χ4v) is 2.23. The molecule has 4 nitrogen and oxygen atoms in total. The van der Waals surface area contributed by atoms with Crippen LogP contribution in [0.15, 0.2) is 21.2 Å². The molecule has 0 unspecified atom stereocenters. The van der Waals surface area contributed by atoms with E-state index in [1.165, 1.54) is 6.07 Å². The van der Waals surface area contributed by atoms with Gasteiger partial charge in [0.2, 0.25) is 5.88 Å². The van der Waals surface area contributed by atoms with Gasteiger partial charge in [0, 0.05) is 10.7 Å². The number of aromatic nitrogens is 1. The topological polar surface area (TPSA) is 56.3 Å². The Bertz CT molecular complexity index is 502. The van der Waals surface area contributed by atoms with Crippen molar-refractivity contribution in [3.05, 3.63) is 21.2 Å². The Morgan fingerprint density at radius 3 is 2.31 bits per heavy atom. The maximum Gasteiger partial charge on any atom is 0.534 e. The number of hydrogen-bond acceptors (Lipinski definition) is 4. The smallest absolute Gasteiger partial charge is 0.354 e. The normalized spacial score (nSPS) is 12.6. The van der Waals surface area contributed by atoms with Gasteiger partial charge in [-0.05, 0) is 37.9 Å². The summed E-state index contributed by atoms with van der Waals surface area (Å²) in [4.78, 5) is 3.38. The zero-order chi connectivity index (χ0) is 12.6. The van der Waals surface area contributed by atoms with Crippen LogP contribution < -0.4 is 4.18 Å². The average molecular weight is 385 g/mol. The van der Waals surface area contributed by atoms with Gasteiger partial charge in [-0.25, -0.2) is 4.98 Å². The van der Waals surface area contributed by atoms with Gasteiger partial charge in [0.1, 0.15) is 0 Å². The summed E-state index contributed by atoms with van der Waals surface area (Å²) >= 11 is 5.81. The van der Waals surface area contributed by atoms with Gasteiger partial charge in [-0.1, -0.05) is 0 Å². The predicted molar refractivity (Wildman–Crippen MR) is 55.2 cm³/mol. The van der Waals surface area contributed by atoms with E-state index in [1.54, 1.807) is 0 Å². The molecule has 0 saturated carbocycles. The van der Waals surface area contributed by atoms with Gasteiger partial charge in [0.25, 0.3) is 0 Å². The predicted octanol–water partition coefficient (Wildman–Crippen LogP) is 2.83. The fraction of sp³-hybridized carbons (Fsp3) is 0.167. The molecular formula is C6H2Br2F3NO3S. The minimum Gasteiger partial charge on any atom is -0.354 e. The van der Waals surface area contributed by atoms with E-state index in [9.17, 15) is 21.6 Å². The van der Waals surface area contributed by atoms with Crippen molar-refractivity contribution in [3.63, 3.8) is 0 Å². The van der Waals surface area contributed by atoms with E-state index in [4.69, 9.17) is 0 Å². The lowest BCUT2D eigenvalue weighted by molar-refractivity contribution is -0.0501. The van der Waals surface area contributed by atoms with Crippen molar-refractivity contribution in [2.24, 2.45) is 0 Å². The lowest BCUT2D eigenvalue weighted by atomic mass is 10.5. The lowest BCUT2D eigenvalue weighted by Gasteiger charge is -2.09. The third kappa shape index (κ3) is 3.08. The van der Waals surface area contributed by atoms with Gasteiger partial charge in [-0.15, -0.1) is 0 Å². The minimum atomic E-state index is -5.69. The van der Waals surface area contributed by atoms with Crippen LogP contribution in [0.1, 0.15) is 0 Å². The summed E-state index contributed by atoms with van der Waals surface area (Å²) in [6.07, 6.45) is 1.10. The van der Waals surface area contributed by atoms with Crippen molar-refractivity contribution in [3.8, 4) is 5.88 Å². The quantitative estimate of drug-likeness (QED) is 0.581. The van der Waals surface area contributed by atoms with Gasteiger partial charge in [-0.3, -0.25) is 0 Å². The van der Waals surface area contributed by atoms with E-state index in [0.717, 1.165) is 6.20 Å². The van der Waals surface area contributed by atoms with Crippen molar-refractivity contribution in [1.29, 1.82) is 0 Å². The summed E-state index contributed by atoms with van der Waals surface area (Å²) in [5.74, 6) is -0.680. The fourth-order valence-electron chi connectivity index (χ4n) is 0.615. The van der Waals surface area contributed by atoms with Crippen LogP contribution in [0, 0.1) is 0 Å². The molecule has 0 radical (unpaired) electrons. The Kier molecular flexibility index (Phi) is 3.85. The molecule has 16 heavy (non-hydrogen) atoms. The molecule has 0 N–H and O–H groups in total.